The number of nitrogens with zero attached hydrogens (tertiary/aromatic N) is 1. The third-order valence-corrected chi connectivity index (χ3v) is 3.88. The van der Waals surface area contributed by atoms with E-state index in [1.54, 1.807) is 0 Å². The van der Waals surface area contributed by atoms with Gasteiger partial charge in [0, 0.05) is 22.8 Å². The van der Waals surface area contributed by atoms with Crippen LogP contribution in [-0.2, 0) is 6.42 Å². The minimum absolute atomic E-state index is 0.247. The van der Waals surface area contributed by atoms with Crippen LogP contribution < -0.4 is 10.6 Å². The number of hydrogen-bond donors (Lipinski definition) is 1. The maximum absolute atomic E-state index is 6.07. The Kier molecular flexibility index (Phi) is 3.64. The van der Waals surface area contributed by atoms with E-state index in [1.807, 2.05) is 6.07 Å². The van der Waals surface area contributed by atoms with E-state index < -0.39 is 0 Å². The Morgan fingerprint density at radius 2 is 2.18 bits per heavy atom. The second-order valence-electron chi connectivity index (χ2n) is 5.38. The van der Waals surface area contributed by atoms with Gasteiger partial charge in [-0.15, -0.1) is 0 Å². The van der Waals surface area contributed by atoms with Gasteiger partial charge < -0.3 is 10.6 Å². The van der Waals surface area contributed by atoms with Crippen LogP contribution in [0.3, 0.4) is 0 Å². The maximum Gasteiger partial charge on any atom is 0.0410 e. The smallest absolute Gasteiger partial charge is 0.0410 e. The average molecular weight is 253 g/mol. The van der Waals surface area contributed by atoms with Crippen molar-refractivity contribution >= 4 is 17.3 Å². The number of hydrogen-bond acceptors (Lipinski definition) is 2. The summed E-state index contributed by atoms with van der Waals surface area (Å²) < 4.78 is 0. The van der Waals surface area contributed by atoms with Gasteiger partial charge in [0.2, 0.25) is 0 Å². The minimum atomic E-state index is 0.247. The molecule has 2 nitrogen and oxygen atoms in total. The van der Waals surface area contributed by atoms with Crippen molar-refractivity contribution in [2.45, 2.75) is 38.6 Å². The van der Waals surface area contributed by atoms with E-state index in [4.69, 9.17) is 17.3 Å². The molecule has 0 aromatic heterocycles. The number of halogens is 1. The summed E-state index contributed by atoms with van der Waals surface area (Å²) in [6.07, 6.45) is 3.40. The number of anilines is 1. The van der Waals surface area contributed by atoms with Crippen LogP contribution in [0.4, 0.5) is 5.69 Å². The van der Waals surface area contributed by atoms with E-state index in [1.165, 1.54) is 24.1 Å². The van der Waals surface area contributed by atoms with Crippen LogP contribution in [-0.4, -0.2) is 18.6 Å². The molecule has 0 atom stereocenters. The first-order valence-corrected chi connectivity index (χ1v) is 6.68. The number of nitrogens with two attached hydrogens (primary N) is 1. The topological polar surface area (TPSA) is 29.3 Å². The highest BCUT2D eigenvalue weighted by molar-refractivity contribution is 6.30. The molecule has 1 aliphatic heterocycles. The Balaban J connectivity index is 2.37. The lowest BCUT2D eigenvalue weighted by molar-refractivity contribution is 0.517. The zero-order valence-electron chi connectivity index (χ0n) is 10.7. The standard InChI is InChI=1S/C14H21ClN2/c1-14(2)7-3-9-17(14)13-5-4-12(15)10-11(13)6-8-16/h4-5,10H,3,6-9,16H2,1-2H3. The van der Waals surface area contributed by atoms with E-state index in [2.05, 4.69) is 30.9 Å². The van der Waals surface area contributed by atoms with Gasteiger partial charge in [0.05, 0.1) is 0 Å². The molecule has 1 aliphatic rings. The third-order valence-electron chi connectivity index (χ3n) is 3.65. The fourth-order valence-corrected chi connectivity index (χ4v) is 2.92. The second-order valence-corrected chi connectivity index (χ2v) is 5.82. The predicted molar refractivity (Wildman–Crippen MR) is 74.9 cm³/mol. The molecule has 3 heteroatoms. The summed E-state index contributed by atoms with van der Waals surface area (Å²) in [5.74, 6) is 0. The molecular weight excluding hydrogens is 232 g/mol. The molecule has 0 radical (unpaired) electrons. The highest BCUT2D eigenvalue weighted by atomic mass is 35.5. The van der Waals surface area contributed by atoms with Gasteiger partial charge in [-0.05, 0) is 63.4 Å². The molecule has 0 spiro atoms. The lowest BCUT2D eigenvalue weighted by atomic mass is 10.00. The molecular formula is C14H21ClN2. The van der Waals surface area contributed by atoms with Gasteiger partial charge in [-0.2, -0.15) is 0 Å². The van der Waals surface area contributed by atoms with Gasteiger partial charge in [0.1, 0.15) is 0 Å². The van der Waals surface area contributed by atoms with Crippen LogP contribution in [0.15, 0.2) is 18.2 Å². The zero-order chi connectivity index (χ0) is 12.5. The highest BCUT2D eigenvalue weighted by Gasteiger charge is 2.32. The normalized spacial score (nSPS) is 18.7. The van der Waals surface area contributed by atoms with E-state index in [-0.39, 0.29) is 5.54 Å². The second kappa shape index (κ2) is 4.87. The van der Waals surface area contributed by atoms with E-state index in [9.17, 15) is 0 Å². The van der Waals surface area contributed by atoms with E-state index in [0.29, 0.717) is 6.54 Å². The van der Waals surface area contributed by atoms with Gasteiger partial charge in [0.25, 0.3) is 0 Å². The lowest BCUT2D eigenvalue weighted by Gasteiger charge is -2.35. The van der Waals surface area contributed by atoms with Crippen molar-refractivity contribution < 1.29 is 0 Å². The number of benzene rings is 1. The molecule has 0 aliphatic carbocycles. The number of rotatable bonds is 3. The van der Waals surface area contributed by atoms with E-state index in [0.717, 1.165) is 18.0 Å². The first-order chi connectivity index (χ1) is 8.04. The first-order valence-electron chi connectivity index (χ1n) is 6.31. The van der Waals surface area contributed by atoms with Crippen LogP contribution in [0.2, 0.25) is 5.02 Å². The molecule has 0 bridgehead atoms. The van der Waals surface area contributed by atoms with Gasteiger partial charge in [-0.1, -0.05) is 11.6 Å². The van der Waals surface area contributed by atoms with Crippen LogP contribution in [0.1, 0.15) is 32.3 Å². The third kappa shape index (κ3) is 2.58. The molecule has 0 unspecified atom stereocenters. The fourth-order valence-electron chi connectivity index (χ4n) is 2.73. The van der Waals surface area contributed by atoms with Crippen molar-refractivity contribution in [3.63, 3.8) is 0 Å². The summed E-state index contributed by atoms with van der Waals surface area (Å²) in [4.78, 5) is 2.49. The monoisotopic (exact) mass is 252 g/mol. The van der Waals surface area contributed by atoms with Crippen molar-refractivity contribution in [3.8, 4) is 0 Å². The molecule has 1 heterocycles. The summed E-state index contributed by atoms with van der Waals surface area (Å²) in [6, 6.07) is 6.17. The summed E-state index contributed by atoms with van der Waals surface area (Å²) in [7, 11) is 0. The molecule has 17 heavy (non-hydrogen) atoms. The molecule has 0 saturated carbocycles. The van der Waals surface area contributed by atoms with Crippen LogP contribution >= 0.6 is 11.6 Å². The first kappa shape index (κ1) is 12.7. The highest BCUT2D eigenvalue weighted by Crippen LogP contribution is 2.36. The SMILES string of the molecule is CC1(C)CCCN1c1ccc(Cl)cc1CCN. The maximum atomic E-state index is 6.07. The molecule has 1 aromatic carbocycles. The molecule has 2 N–H and O–H groups in total. The lowest BCUT2D eigenvalue weighted by Crippen LogP contribution is -2.38. The van der Waals surface area contributed by atoms with Gasteiger partial charge in [-0.25, -0.2) is 0 Å². The van der Waals surface area contributed by atoms with Crippen molar-refractivity contribution in [1.82, 2.24) is 0 Å². The Hall–Kier alpha value is -0.730. The van der Waals surface area contributed by atoms with Crippen molar-refractivity contribution in [3.05, 3.63) is 28.8 Å². The molecule has 1 aromatic rings. The van der Waals surface area contributed by atoms with Gasteiger partial charge >= 0.3 is 0 Å². The fraction of sp³-hybridized carbons (Fsp3) is 0.571. The van der Waals surface area contributed by atoms with Gasteiger partial charge in [0.15, 0.2) is 0 Å². The Morgan fingerprint density at radius 3 is 2.76 bits per heavy atom. The van der Waals surface area contributed by atoms with Crippen molar-refractivity contribution in [2.24, 2.45) is 5.73 Å². The largest absolute Gasteiger partial charge is 0.366 e. The molecule has 1 saturated heterocycles. The zero-order valence-corrected chi connectivity index (χ0v) is 11.4. The summed E-state index contributed by atoms with van der Waals surface area (Å²) >= 11 is 6.07. The van der Waals surface area contributed by atoms with Gasteiger partial charge in [-0.3, -0.25) is 0 Å². The predicted octanol–water partition coefficient (Wildman–Crippen LogP) is 3.22. The van der Waals surface area contributed by atoms with Crippen LogP contribution in [0, 0.1) is 0 Å². The molecule has 0 amide bonds. The summed E-state index contributed by atoms with van der Waals surface area (Å²) in [5, 5.41) is 0.800. The Bertz CT molecular complexity index is 401. The summed E-state index contributed by atoms with van der Waals surface area (Å²) in [6.45, 7) is 6.41. The van der Waals surface area contributed by atoms with Crippen molar-refractivity contribution in [1.29, 1.82) is 0 Å². The summed E-state index contributed by atoms with van der Waals surface area (Å²) in [5.41, 5.74) is 8.51. The minimum Gasteiger partial charge on any atom is -0.366 e. The van der Waals surface area contributed by atoms with E-state index >= 15 is 0 Å². The molecule has 2 rings (SSSR count). The van der Waals surface area contributed by atoms with Crippen LogP contribution in [0.25, 0.3) is 0 Å². The molecule has 94 valence electrons. The average Bonchev–Trinajstić information content (AvgIpc) is 2.59. The van der Waals surface area contributed by atoms with Crippen LogP contribution in [0.5, 0.6) is 0 Å². The Labute approximate surface area is 109 Å². The Morgan fingerprint density at radius 1 is 1.41 bits per heavy atom. The molecule has 1 fully saturated rings. The quantitative estimate of drug-likeness (QED) is 0.895. The van der Waals surface area contributed by atoms with Crippen molar-refractivity contribution in [2.75, 3.05) is 18.0 Å².